The van der Waals surface area contributed by atoms with E-state index in [4.69, 9.17) is 9.47 Å². The molecule has 32 heavy (non-hydrogen) atoms. The lowest BCUT2D eigenvalue weighted by molar-refractivity contribution is -0.137. The second kappa shape index (κ2) is 11.5. The summed E-state index contributed by atoms with van der Waals surface area (Å²) < 4.78 is 11.5. The van der Waals surface area contributed by atoms with Crippen LogP contribution in [0.1, 0.15) is 18.1 Å². The number of anilines is 1. The number of hydrogen-bond acceptors (Lipinski definition) is 5. The van der Waals surface area contributed by atoms with Crippen LogP contribution in [-0.2, 0) is 20.7 Å². The molecule has 0 bridgehead atoms. The Morgan fingerprint density at radius 1 is 1.22 bits per heavy atom. The number of benzene rings is 2. The number of ether oxygens (including phenoxy) is 2. The molecule has 2 aromatic carbocycles. The summed E-state index contributed by atoms with van der Waals surface area (Å²) in [5.41, 5.74) is 2.42. The van der Waals surface area contributed by atoms with Gasteiger partial charge in [0.25, 0.3) is 11.8 Å². The van der Waals surface area contributed by atoms with E-state index in [-0.39, 0.29) is 18.1 Å². The van der Waals surface area contributed by atoms with Crippen molar-refractivity contribution in [2.75, 3.05) is 38.2 Å². The van der Waals surface area contributed by atoms with E-state index in [1.807, 2.05) is 30.3 Å². The van der Waals surface area contributed by atoms with Crippen molar-refractivity contribution in [3.05, 3.63) is 63.6 Å². The van der Waals surface area contributed by atoms with E-state index in [1.165, 1.54) is 6.08 Å². The predicted octanol–water partition coefficient (Wildman–Crippen LogP) is 3.79. The molecule has 0 aromatic heterocycles. The average Bonchev–Trinajstić information content (AvgIpc) is 2.82. The Labute approximate surface area is 195 Å². The highest BCUT2D eigenvalue weighted by atomic mass is 79.9. The fourth-order valence-electron chi connectivity index (χ4n) is 3.10. The molecule has 0 atom stereocenters. The van der Waals surface area contributed by atoms with Gasteiger partial charge in [-0.25, -0.2) is 0 Å². The Hall–Kier alpha value is -3.15. The van der Waals surface area contributed by atoms with Crippen molar-refractivity contribution in [2.45, 2.75) is 13.3 Å². The molecule has 7 nitrogen and oxygen atoms in total. The summed E-state index contributed by atoms with van der Waals surface area (Å²) >= 11 is 3.43. The van der Waals surface area contributed by atoms with Crippen LogP contribution in [0.25, 0.3) is 6.08 Å². The summed E-state index contributed by atoms with van der Waals surface area (Å²) in [6, 6.07) is 14.6. The number of morpholine rings is 1. The Bertz CT molecular complexity index is 1040. The van der Waals surface area contributed by atoms with Crippen LogP contribution in [0.5, 0.6) is 5.75 Å². The molecule has 166 valence electrons. The highest BCUT2D eigenvalue weighted by molar-refractivity contribution is 9.10. The molecule has 1 N–H and O–H groups in total. The summed E-state index contributed by atoms with van der Waals surface area (Å²) in [7, 11) is 0. The van der Waals surface area contributed by atoms with Gasteiger partial charge in [0.2, 0.25) is 0 Å². The maximum absolute atomic E-state index is 12.5. The average molecular weight is 498 g/mol. The molecule has 0 spiro atoms. The number of halogens is 1. The summed E-state index contributed by atoms with van der Waals surface area (Å²) in [4.78, 5) is 26.4. The van der Waals surface area contributed by atoms with Crippen molar-refractivity contribution in [1.82, 2.24) is 4.90 Å². The van der Waals surface area contributed by atoms with E-state index in [9.17, 15) is 14.9 Å². The number of nitrogens with zero attached hydrogens (tertiary/aromatic N) is 2. The van der Waals surface area contributed by atoms with Crippen molar-refractivity contribution >= 4 is 39.5 Å². The number of aryl methyl sites for hydroxylation is 1. The summed E-state index contributed by atoms with van der Waals surface area (Å²) in [6.45, 7) is 4.19. The van der Waals surface area contributed by atoms with E-state index in [0.717, 1.165) is 12.0 Å². The lowest BCUT2D eigenvalue weighted by atomic mass is 10.1. The van der Waals surface area contributed by atoms with Gasteiger partial charge in [-0.15, -0.1) is 0 Å². The van der Waals surface area contributed by atoms with Crippen LogP contribution in [0.15, 0.2) is 52.5 Å². The SMILES string of the molecule is CCc1ccc(NC(=O)C(C#N)=Cc2ccc(OCC(=O)N3CCOCC3)c(Br)c2)cc1. The highest BCUT2D eigenvalue weighted by Crippen LogP contribution is 2.27. The van der Waals surface area contributed by atoms with Gasteiger partial charge in [0.05, 0.1) is 17.7 Å². The minimum atomic E-state index is -0.482. The molecule has 0 radical (unpaired) electrons. The van der Waals surface area contributed by atoms with E-state index < -0.39 is 5.91 Å². The molecule has 2 amide bonds. The van der Waals surface area contributed by atoms with Crippen LogP contribution in [0.3, 0.4) is 0 Å². The van der Waals surface area contributed by atoms with Gasteiger partial charge in [-0.2, -0.15) is 5.26 Å². The first-order valence-electron chi connectivity index (χ1n) is 10.3. The third-order valence-electron chi connectivity index (χ3n) is 4.97. The van der Waals surface area contributed by atoms with Gasteiger partial charge in [0.1, 0.15) is 17.4 Å². The number of hydrogen-bond donors (Lipinski definition) is 1. The first kappa shape index (κ1) is 23.5. The van der Waals surface area contributed by atoms with Crippen molar-refractivity contribution in [2.24, 2.45) is 0 Å². The minimum absolute atomic E-state index is 0.0207. The topological polar surface area (TPSA) is 91.7 Å². The summed E-state index contributed by atoms with van der Waals surface area (Å²) in [5, 5.41) is 12.2. The Kier molecular flexibility index (Phi) is 8.42. The second-order valence-electron chi connectivity index (χ2n) is 7.15. The number of carbonyl (C=O) groups excluding carboxylic acids is 2. The van der Waals surface area contributed by atoms with Crippen LogP contribution in [-0.4, -0.2) is 49.6 Å². The molecule has 0 unspecified atom stereocenters. The van der Waals surface area contributed by atoms with Gasteiger partial charge in [-0.3, -0.25) is 9.59 Å². The Morgan fingerprint density at radius 3 is 2.56 bits per heavy atom. The molecule has 0 aliphatic carbocycles. The molecule has 1 saturated heterocycles. The van der Waals surface area contributed by atoms with Gasteiger partial charge in [0.15, 0.2) is 6.61 Å². The van der Waals surface area contributed by atoms with Crippen molar-refractivity contribution < 1.29 is 19.1 Å². The van der Waals surface area contributed by atoms with Crippen LogP contribution in [0, 0.1) is 11.3 Å². The molecule has 0 saturated carbocycles. The van der Waals surface area contributed by atoms with Crippen LogP contribution in [0.2, 0.25) is 0 Å². The largest absolute Gasteiger partial charge is 0.483 e. The molecular formula is C24H24BrN3O4. The third kappa shape index (κ3) is 6.42. The fourth-order valence-corrected chi connectivity index (χ4v) is 3.62. The number of amides is 2. The van der Waals surface area contributed by atoms with Gasteiger partial charge in [-0.1, -0.05) is 25.1 Å². The number of rotatable bonds is 7. The molecule has 8 heteroatoms. The third-order valence-corrected chi connectivity index (χ3v) is 5.59. The first-order valence-corrected chi connectivity index (χ1v) is 11.1. The maximum atomic E-state index is 12.5. The normalized spacial score (nSPS) is 13.9. The van der Waals surface area contributed by atoms with Gasteiger partial charge >= 0.3 is 0 Å². The zero-order chi connectivity index (χ0) is 22.9. The zero-order valence-electron chi connectivity index (χ0n) is 17.8. The maximum Gasteiger partial charge on any atom is 0.266 e. The smallest absolute Gasteiger partial charge is 0.266 e. The van der Waals surface area contributed by atoms with Crippen LogP contribution < -0.4 is 10.1 Å². The number of nitriles is 1. The van der Waals surface area contributed by atoms with Crippen LogP contribution in [0.4, 0.5) is 5.69 Å². The molecule has 2 aromatic rings. The molecule has 1 aliphatic heterocycles. The van der Waals surface area contributed by atoms with E-state index in [2.05, 4.69) is 28.2 Å². The standard InChI is InChI=1S/C24H24BrN3O4/c1-2-17-3-6-20(7-4-17)27-24(30)19(15-26)13-18-5-8-22(21(25)14-18)32-16-23(29)28-9-11-31-12-10-28/h3-8,13-14H,2,9-12,16H2,1H3,(H,27,30). The van der Waals surface area contributed by atoms with Gasteiger partial charge < -0.3 is 19.7 Å². The number of nitrogens with one attached hydrogen (secondary N) is 1. The lowest BCUT2D eigenvalue weighted by Gasteiger charge is -2.26. The monoisotopic (exact) mass is 497 g/mol. The van der Waals surface area contributed by atoms with Crippen molar-refractivity contribution in [3.8, 4) is 11.8 Å². The highest BCUT2D eigenvalue weighted by Gasteiger charge is 2.17. The number of carbonyl (C=O) groups is 2. The molecule has 1 heterocycles. The fraction of sp³-hybridized carbons (Fsp3) is 0.292. The van der Waals surface area contributed by atoms with Gasteiger partial charge in [0, 0.05) is 18.8 Å². The Morgan fingerprint density at radius 2 is 1.94 bits per heavy atom. The minimum Gasteiger partial charge on any atom is -0.483 e. The van der Waals surface area contributed by atoms with E-state index in [0.29, 0.717) is 47.8 Å². The lowest BCUT2D eigenvalue weighted by Crippen LogP contribution is -2.43. The Balaban J connectivity index is 1.63. The van der Waals surface area contributed by atoms with Crippen molar-refractivity contribution in [3.63, 3.8) is 0 Å². The van der Waals surface area contributed by atoms with Gasteiger partial charge in [-0.05, 0) is 63.8 Å². The summed E-state index contributed by atoms with van der Waals surface area (Å²) in [6.07, 6.45) is 2.41. The van der Waals surface area contributed by atoms with Crippen LogP contribution >= 0.6 is 15.9 Å². The quantitative estimate of drug-likeness (QED) is 0.463. The molecule has 1 fully saturated rings. The zero-order valence-corrected chi connectivity index (χ0v) is 19.4. The summed E-state index contributed by atoms with van der Waals surface area (Å²) in [5.74, 6) is -0.0772. The van der Waals surface area contributed by atoms with E-state index in [1.54, 1.807) is 23.1 Å². The van der Waals surface area contributed by atoms with Crippen molar-refractivity contribution in [1.29, 1.82) is 5.26 Å². The first-order chi connectivity index (χ1) is 15.5. The molecule has 3 rings (SSSR count). The predicted molar refractivity (Wildman–Crippen MR) is 125 cm³/mol. The van der Waals surface area contributed by atoms with E-state index >= 15 is 0 Å². The molecule has 1 aliphatic rings. The molecular weight excluding hydrogens is 474 g/mol. The second-order valence-corrected chi connectivity index (χ2v) is 8.00.